The van der Waals surface area contributed by atoms with Gasteiger partial charge in [-0.25, -0.2) is 4.79 Å². The van der Waals surface area contributed by atoms with Crippen LogP contribution in [-0.2, 0) is 6.42 Å². The molecule has 0 atom stereocenters. The average Bonchev–Trinajstić information content (AvgIpc) is 3.21. The number of unbranched alkanes of at least 4 members (excludes halogenated alkanes) is 7. The Morgan fingerprint density at radius 3 is 2.38 bits per heavy atom. The minimum Gasteiger partial charge on any atom is -0.477 e. The number of carbonyl (C=O) groups is 1. The molecule has 0 saturated heterocycles. The lowest BCUT2D eigenvalue weighted by atomic mass is 10.1. The van der Waals surface area contributed by atoms with Crippen LogP contribution in [0.3, 0.4) is 0 Å². The maximum Gasteiger partial charge on any atom is 0.345 e. The molecule has 0 aliphatic heterocycles. The SMILES string of the molecule is CCCCCCCCCCc1csc2c1sc1cc(C(=O)O)sc12. The lowest BCUT2D eigenvalue weighted by Gasteiger charge is -2.01. The molecule has 0 radical (unpaired) electrons. The molecule has 130 valence electrons. The summed E-state index contributed by atoms with van der Waals surface area (Å²) in [6.07, 6.45) is 12.0. The lowest BCUT2D eigenvalue weighted by Crippen LogP contribution is -1.89. The molecule has 0 aromatic carbocycles. The maximum absolute atomic E-state index is 11.1. The van der Waals surface area contributed by atoms with Crippen molar-refractivity contribution in [1.82, 2.24) is 0 Å². The number of carboxylic acid groups (broad SMARTS) is 1. The van der Waals surface area contributed by atoms with Gasteiger partial charge in [-0.05, 0) is 29.9 Å². The molecule has 3 heterocycles. The quantitative estimate of drug-likeness (QED) is 0.368. The Hall–Kier alpha value is -0.910. The number of fused-ring (bicyclic) bond motifs is 3. The number of carboxylic acids is 1. The molecule has 0 unspecified atom stereocenters. The fourth-order valence-electron chi connectivity index (χ4n) is 3.10. The second-order valence-corrected chi connectivity index (χ2v) is 9.34. The first-order valence-electron chi connectivity index (χ1n) is 8.86. The van der Waals surface area contributed by atoms with Crippen molar-refractivity contribution in [3.8, 4) is 0 Å². The van der Waals surface area contributed by atoms with E-state index in [2.05, 4.69) is 12.3 Å². The summed E-state index contributed by atoms with van der Waals surface area (Å²) in [5.41, 5.74) is 1.46. The third kappa shape index (κ3) is 4.01. The first kappa shape index (κ1) is 17.9. The number of rotatable bonds is 10. The molecule has 24 heavy (non-hydrogen) atoms. The summed E-state index contributed by atoms with van der Waals surface area (Å²) in [5.74, 6) is -0.813. The number of hydrogen-bond acceptors (Lipinski definition) is 4. The Kier molecular flexibility index (Phi) is 6.31. The van der Waals surface area contributed by atoms with Gasteiger partial charge in [-0.15, -0.1) is 34.0 Å². The van der Waals surface area contributed by atoms with E-state index in [1.807, 2.05) is 6.07 Å². The van der Waals surface area contributed by atoms with E-state index in [1.165, 1.54) is 82.4 Å². The molecular weight excluding hydrogens is 356 g/mol. The van der Waals surface area contributed by atoms with Crippen molar-refractivity contribution in [2.75, 3.05) is 0 Å². The molecule has 5 heteroatoms. The van der Waals surface area contributed by atoms with E-state index in [0.29, 0.717) is 4.88 Å². The number of aryl methyl sites for hydroxylation is 1. The Morgan fingerprint density at radius 1 is 0.958 bits per heavy atom. The van der Waals surface area contributed by atoms with Crippen molar-refractivity contribution in [2.45, 2.75) is 64.7 Å². The van der Waals surface area contributed by atoms with Crippen LogP contribution in [-0.4, -0.2) is 11.1 Å². The number of thiophene rings is 3. The largest absolute Gasteiger partial charge is 0.477 e. The Balaban J connectivity index is 1.54. The molecule has 0 bridgehead atoms. The second-order valence-electron chi connectivity index (χ2n) is 6.36. The van der Waals surface area contributed by atoms with E-state index in [1.54, 1.807) is 22.7 Å². The van der Waals surface area contributed by atoms with Crippen LogP contribution in [0.2, 0.25) is 0 Å². The summed E-state index contributed by atoms with van der Waals surface area (Å²) in [4.78, 5) is 11.6. The molecule has 3 rings (SSSR count). The topological polar surface area (TPSA) is 37.3 Å². The van der Waals surface area contributed by atoms with E-state index in [4.69, 9.17) is 5.11 Å². The fourth-order valence-corrected chi connectivity index (χ4v) is 7.03. The molecule has 0 aliphatic rings. The van der Waals surface area contributed by atoms with Crippen molar-refractivity contribution in [1.29, 1.82) is 0 Å². The van der Waals surface area contributed by atoms with Gasteiger partial charge in [-0.1, -0.05) is 51.9 Å². The van der Waals surface area contributed by atoms with Gasteiger partial charge in [-0.3, -0.25) is 0 Å². The fraction of sp³-hybridized carbons (Fsp3) is 0.526. The van der Waals surface area contributed by atoms with Crippen molar-refractivity contribution in [2.24, 2.45) is 0 Å². The first-order valence-corrected chi connectivity index (χ1v) is 11.4. The van der Waals surface area contributed by atoms with Gasteiger partial charge in [0, 0.05) is 4.70 Å². The standard InChI is InChI=1S/C19H24O2S3/c1-2-3-4-5-6-7-8-9-10-13-12-22-18-16(13)23-14-11-15(19(20)21)24-17(14)18/h11-12H,2-10H2,1H3,(H,20,21). The summed E-state index contributed by atoms with van der Waals surface area (Å²) in [7, 11) is 0. The van der Waals surface area contributed by atoms with Crippen LogP contribution in [0.15, 0.2) is 11.4 Å². The third-order valence-corrected chi connectivity index (χ3v) is 8.23. The zero-order valence-corrected chi connectivity index (χ0v) is 16.5. The van der Waals surface area contributed by atoms with Crippen LogP contribution in [0, 0.1) is 0 Å². The highest BCUT2D eigenvalue weighted by atomic mass is 32.1. The molecular formula is C19H24O2S3. The van der Waals surface area contributed by atoms with E-state index in [9.17, 15) is 4.79 Å². The van der Waals surface area contributed by atoms with E-state index < -0.39 is 5.97 Å². The molecule has 3 aromatic rings. The minimum absolute atomic E-state index is 0.455. The Bertz CT molecular complexity index is 809. The van der Waals surface area contributed by atoms with Gasteiger partial charge in [0.15, 0.2) is 0 Å². The predicted octanol–water partition coefficient (Wildman–Crippen LogP) is 7.56. The number of hydrogen-bond donors (Lipinski definition) is 1. The van der Waals surface area contributed by atoms with Crippen LogP contribution >= 0.6 is 34.0 Å². The van der Waals surface area contributed by atoms with Crippen LogP contribution in [0.5, 0.6) is 0 Å². The van der Waals surface area contributed by atoms with Gasteiger partial charge < -0.3 is 5.11 Å². The Morgan fingerprint density at radius 2 is 1.67 bits per heavy atom. The van der Waals surface area contributed by atoms with Crippen LogP contribution in [0.4, 0.5) is 0 Å². The lowest BCUT2D eigenvalue weighted by molar-refractivity contribution is 0.0702. The summed E-state index contributed by atoms with van der Waals surface area (Å²) >= 11 is 4.97. The van der Waals surface area contributed by atoms with Gasteiger partial charge in [0.2, 0.25) is 0 Å². The Labute approximate surface area is 155 Å². The highest BCUT2D eigenvalue weighted by molar-refractivity contribution is 7.38. The molecule has 3 aromatic heterocycles. The van der Waals surface area contributed by atoms with Crippen molar-refractivity contribution >= 4 is 58.8 Å². The van der Waals surface area contributed by atoms with E-state index in [-0.39, 0.29) is 0 Å². The van der Waals surface area contributed by atoms with Crippen molar-refractivity contribution in [3.63, 3.8) is 0 Å². The summed E-state index contributed by atoms with van der Waals surface area (Å²) in [6.45, 7) is 2.26. The van der Waals surface area contributed by atoms with Crippen LogP contribution in [0.25, 0.3) is 18.8 Å². The zero-order valence-electron chi connectivity index (χ0n) is 14.1. The van der Waals surface area contributed by atoms with E-state index >= 15 is 0 Å². The van der Waals surface area contributed by atoms with Crippen LogP contribution in [0.1, 0.15) is 73.5 Å². The van der Waals surface area contributed by atoms with Gasteiger partial charge in [0.05, 0.1) is 14.1 Å². The maximum atomic E-state index is 11.1. The second kappa shape index (κ2) is 8.45. The molecule has 0 spiro atoms. The summed E-state index contributed by atoms with van der Waals surface area (Å²) < 4.78 is 4.99. The predicted molar refractivity (Wildman–Crippen MR) is 108 cm³/mol. The van der Waals surface area contributed by atoms with Gasteiger partial charge in [0.1, 0.15) is 4.88 Å². The highest BCUT2D eigenvalue weighted by Crippen LogP contribution is 2.44. The molecule has 1 N–H and O–H groups in total. The van der Waals surface area contributed by atoms with Crippen LogP contribution < -0.4 is 0 Å². The first-order chi connectivity index (χ1) is 11.7. The van der Waals surface area contributed by atoms with Gasteiger partial charge in [0.25, 0.3) is 0 Å². The average molecular weight is 381 g/mol. The zero-order chi connectivity index (χ0) is 16.9. The molecule has 0 amide bonds. The molecule has 0 fully saturated rings. The van der Waals surface area contributed by atoms with E-state index in [0.717, 1.165) is 11.1 Å². The molecule has 2 nitrogen and oxygen atoms in total. The third-order valence-electron chi connectivity index (χ3n) is 4.44. The summed E-state index contributed by atoms with van der Waals surface area (Å²) in [5, 5.41) is 11.4. The highest BCUT2D eigenvalue weighted by Gasteiger charge is 2.16. The molecule has 0 aliphatic carbocycles. The normalized spacial score (nSPS) is 11.7. The molecule has 0 saturated carbocycles. The number of aromatic carboxylic acids is 1. The van der Waals surface area contributed by atoms with Crippen molar-refractivity contribution in [3.05, 3.63) is 21.9 Å². The van der Waals surface area contributed by atoms with Gasteiger partial charge in [-0.2, -0.15) is 0 Å². The minimum atomic E-state index is -0.813. The monoisotopic (exact) mass is 380 g/mol. The van der Waals surface area contributed by atoms with Crippen molar-refractivity contribution < 1.29 is 9.90 Å². The van der Waals surface area contributed by atoms with Gasteiger partial charge >= 0.3 is 5.97 Å². The smallest absolute Gasteiger partial charge is 0.345 e. The summed E-state index contributed by atoms with van der Waals surface area (Å²) in [6, 6.07) is 1.83.